The van der Waals surface area contributed by atoms with Gasteiger partial charge in [0.1, 0.15) is 22.6 Å². The second-order valence-corrected chi connectivity index (χ2v) is 7.20. The van der Waals surface area contributed by atoms with Crippen molar-refractivity contribution in [3.05, 3.63) is 72.4 Å². The van der Waals surface area contributed by atoms with Crippen LogP contribution in [0.25, 0.3) is 10.9 Å². The molecule has 2 aromatic carbocycles. The second-order valence-electron chi connectivity index (χ2n) is 5.82. The third kappa shape index (κ3) is 3.68. The number of aromatic nitrogens is 1. The molecule has 0 N–H and O–H groups in total. The van der Waals surface area contributed by atoms with Gasteiger partial charge in [-0.05, 0) is 25.1 Å². The first kappa shape index (κ1) is 17.9. The molecule has 0 spiro atoms. The van der Waals surface area contributed by atoms with Crippen molar-refractivity contribution >= 4 is 26.9 Å². The molecule has 0 saturated heterocycles. The highest BCUT2D eigenvalue weighted by Gasteiger charge is 2.29. The number of benzene rings is 2. The van der Waals surface area contributed by atoms with Gasteiger partial charge in [-0.3, -0.25) is 0 Å². The van der Waals surface area contributed by atoms with Gasteiger partial charge in [-0.2, -0.15) is 8.67 Å². The van der Waals surface area contributed by atoms with Crippen molar-refractivity contribution in [1.29, 1.82) is 0 Å². The van der Waals surface area contributed by atoms with Crippen LogP contribution in [0.4, 0.5) is 0 Å². The second kappa shape index (κ2) is 6.78. The van der Waals surface area contributed by atoms with E-state index in [0.29, 0.717) is 5.91 Å². The van der Waals surface area contributed by atoms with E-state index >= 15 is 0 Å². The molecular weight excluding hydrogens is 352 g/mol. The molecule has 0 bridgehead atoms. The number of aryl methyl sites for hydroxylation is 1. The SMILES string of the molecule is C=[n+]1c2c(cc3ccccc31)[O+]=C(C)N=2.Cc1ccc(S(=O)(=O)[O-])cc1. The van der Waals surface area contributed by atoms with Gasteiger partial charge in [0.25, 0.3) is 0 Å². The normalized spacial score (nSPS) is 12.7. The summed E-state index contributed by atoms with van der Waals surface area (Å²) in [4.78, 5) is 4.12. The Morgan fingerprint density at radius 2 is 1.73 bits per heavy atom. The van der Waals surface area contributed by atoms with E-state index in [2.05, 4.69) is 11.7 Å². The molecule has 0 atom stereocenters. The first-order valence-electron chi connectivity index (χ1n) is 7.80. The van der Waals surface area contributed by atoms with Crippen LogP contribution >= 0.6 is 0 Å². The molecule has 1 aromatic heterocycles. The third-order valence-corrected chi connectivity index (χ3v) is 4.67. The zero-order valence-electron chi connectivity index (χ0n) is 14.3. The van der Waals surface area contributed by atoms with Crippen LogP contribution in [0, 0.1) is 13.6 Å². The van der Waals surface area contributed by atoms with Crippen molar-refractivity contribution < 1.29 is 21.6 Å². The molecule has 3 aromatic rings. The third-order valence-electron chi connectivity index (χ3n) is 3.82. The van der Waals surface area contributed by atoms with Crippen LogP contribution in [0.2, 0.25) is 0 Å². The Hall–Kier alpha value is -2.90. The number of para-hydroxylation sites is 1. The topological polar surface area (TPSA) is 86.8 Å². The average molecular weight is 369 g/mol. The minimum absolute atomic E-state index is 0.178. The van der Waals surface area contributed by atoms with Crippen molar-refractivity contribution in [2.45, 2.75) is 18.7 Å². The Balaban J connectivity index is 0.000000160. The Labute approximate surface area is 150 Å². The lowest BCUT2D eigenvalue weighted by Crippen LogP contribution is -2.35. The minimum Gasteiger partial charge on any atom is -0.744 e. The molecule has 1 aliphatic rings. The van der Waals surface area contributed by atoms with Crippen LogP contribution in [0.5, 0.6) is 5.75 Å². The highest BCUT2D eigenvalue weighted by Crippen LogP contribution is 2.14. The summed E-state index contributed by atoms with van der Waals surface area (Å²) in [6.45, 7) is 7.64. The molecule has 0 saturated carbocycles. The summed E-state index contributed by atoms with van der Waals surface area (Å²) in [6.07, 6.45) is 0. The fourth-order valence-electron chi connectivity index (χ4n) is 2.53. The molecule has 1 aliphatic heterocycles. The zero-order chi connectivity index (χ0) is 18.9. The van der Waals surface area contributed by atoms with E-state index in [1.807, 2.05) is 44.2 Å². The number of hydrogen-bond acceptors (Lipinski definition) is 4. The van der Waals surface area contributed by atoms with Gasteiger partial charge in [0.2, 0.25) is 0 Å². The quantitative estimate of drug-likeness (QED) is 0.374. The molecule has 6 nitrogen and oxygen atoms in total. The molecule has 0 radical (unpaired) electrons. The van der Waals surface area contributed by atoms with Crippen molar-refractivity contribution in [2.24, 2.45) is 4.99 Å². The number of carbonyl (C=O) groups excluding carboxylic acids is 1. The van der Waals surface area contributed by atoms with Crippen LogP contribution < -0.4 is 9.73 Å². The van der Waals surface area contributed by atoms with Crippen LogP contribution in [0.1, 0.15) is 12.5 Å². The van der Waals surface area contributed by atoms with E-state index in [9.17, 15) is 13.0 Å². The van der Waals surface area contributed by atoms with Crippen molar-refractivity contribution in [1.82, 2.24) is 0 Å². The Morgan fingerprint density at radius 3 is 2.38 bits per heavy atom. The highest BCUT2D eigenvalue weighted by molar-refractivity contribution is 7.85. The highest BCUT2D eigenvalue weighted by atomic mass is 32.2. The lowest BCUT2D eigenvalue weighted by Gasteiger charge is -2.05. The lowest BCUT2D eigenvalue weighted by atomic mass is 10.2. The number of hydrogen-bond donors (Lipinski definition) is 0. The molecule has 0 unspecified atom stereocenters. The summed E-state index contributed by atoms with van der Waals surface area (Å²) < 4.78 is 38.5. The van der Waals surface area contributed by atoms with Gasteiger partial charge in [-0.1, -0.05) is 35.9 Å². The molecule has 0 aliphatic carbocycles. The maximum atomic E-state index is 10.4. The Morgan fingerprint density at radius 1 is 1.08 bits per heavy atom. The van der Waals surface area contributed by atoms with Crippen LogP contribution in [0.15, 0.2) is 64.5 Å². The number of fused-ring (bicyclic) bond motifs is 2. The van der Waals surface area contributed by atoms with Gasteiger partial charge in [0.05, 0.1) is 22.7 Å². The number of nitrogens with zero attached hydrogens (tertiary/aromatic N) is 2. The first-order valence-corrected chi connectivity index (χ1v) is 9.21. The van der Waals surface area contributed by atoms with E-state index in [1.54, 1.807) is 16.4 Å². The van der Waals surface area contributed by atoms with Crippen LogP contribution in [-0.2, 0) is 14.5 Å². The minimum atomic E-state index is -4.27. The number of pyridine rings is 1. The van der Waals surface area contributed by atoms with Gasteiger partial charge < -0.3 is 4.55 Å². The molecule has 2 heterocycles. The van der Waals surface area contributed by atoms with E-state index in [1.165, 1.54) is 12.1 Å². The Bertz CT molecular complexity index is 1230. The van der Waals surface area contributed by atoms with Gasteiger partial charge >= 0.3 is 17.1 Å². The lowest BCUT2D eigenvalue weighted by molar-refractivity contribution is -0.496. The predicted molar refractivity (Wildman–Crippen MR) is 95.3 cm³/mol. The van der Waals surface area contributed by atoms with E-state index in [0.717, 1.165) is 27.7 Å². The summed E-state index contributed by atoms with van der Waals surface area (Å²) in [5.74, 6) is 1.44. The maximum absolute atomic E-state index is 10.4. The fourth-order valence-corrected chi connectivity index (χ4v) is 3.00. The molecule has 0 fully saturated rings. The summed E-state index contributed by atoms with van der Waals surface area (Å²) in [5, 5.41) is 1.11. The van der Waals surface area contributed by atoms with Gasteiger partial charge in [0, 0.05) is 5.39 Å². The van der Waals surface area contributed by atoms with Crippen LogP contribution in [-0.4, -0.2) is 18.9 Å². The van der Waals surface area contributed by atoms with E-state index in [4.69, 9.17) is 4.42 Å². The zero-order valence-corrected chi connectivity index (χ0v) is 15.2. The summed E-state index contributed by atoms with van der Waals surface area (Å²) in [7, 11) is -4.27. The molecule has 7 heteroatoms. The fraction of sp³-hybridized carbons (Fsp3) is 0.105. The largest absolute Gasteiger partial charge is 0.744 e. The first-order chi connectivity index (χ1) is 12.3. The molecule has 132 valence electrons. The van der Waals surface area contributed by atoms with Gasteiger partial charge in [0.15, 0.2) is 0 Å². The Kier molecular flexibility index (Phi) is 4.67. The number of rotatable bonds is 1. The van der Waals surface area contributed by atoms with Gasteiger partial charge in [-0.15, -0.1) is 0 Å². The summed E-state index contributed by atoms with van der Waals surface area (Å²) in [5.41, 5.74) is 2.77. The van der Waals surface area contributed by atoms with Crippen molar-refractivity contribution in [3.8, 4) is 5.75 Å². The maximum Gasteiger partial charge on any atom is 0.529 e. The van der Waals surface area contributed by atoms with E-state index < -0.39 is 10.1 Å². The van der Waals surface area contributed by atoms with Crippen molar-refractivity contribution in [3.63, 3.8) is 0 Å². The standard InChI is InChI=1S/C12H10N2O.C7H8O3S/c1-8-13-12-11(15-8)7-9-5-3-4-6-10(9)14(12)2;1-6-2-4-7(5-3-6)11(8,9)10/h3-7H,2H2,1H3;2-5H,1H3,(H,8,9,10)/q+2;/p-1. The molecular formula is C19H17N2O4S+. The average Bonchev–Trinajstić information content (AvgIpc) is 2.96. The van der Waals surface area contributed by atoms with E-state index in [-0.39, 0.29) is 4.90 Å². The molecule has 0 amide bonds. The smallest absolute Gasteiger partial charge is 0.529 e. The van der Waals surface area contributed by atoms with Gasteiger partial charge in [-0.25, -0.2) is 8.42 Å². The summed E-state index contributed by atoms with van der Waals surface area (Å²) in [6, 6.07) is 15.8. The predicted octanol–water partition coefficient (Wildman–Crippen LogP) is 2.09. The summed E-state index contributed by atoms with van der Waals surface area (Å²) >= 11 is 0. The molecule has 26 heavy (non-hydrogen) atoms. The number of amides is 1. The monoisotopic (exact) mass is 369 g/mol. The van der Waals surface area contributed by atoms with Crippen molar-refractivity contribution in [2.75, 3.05) is 0 Å². The molecule has 4 rings (SSSR count). The van der Waals surface area contributed by atoms with Crippen LogP contribution in [0.3, 0.4) is 0 Å².